The van der Waals surface area contributed by atoms with E-state index in [-0.39, 0.29) is 22.7 Å². The summed E-state index contributed by atoms with van der Waals surface area (Å²) in [7, 11) is -3.74. The van der Waals surface area contributed by atoms with Crippen LogP contribution in [0, 0.1) is 5.82 Å². The lowest BCUT2D eigenvalue weighted by molar-refractivity contribution is 0.0730. The van der Waals surface area contributed by atoms with E-state index in [1.807, 2.05) is 0 Å². The van der Waals surface area contributed by atoms with E-state index in [0.717, 1.165) is 18.4 Å². The van der Waals surface area contributed by atoms with E-state index in [2.05, 4.69) is 4.72 Å². The fourth-order valence-corrected chi connectivity index (χ4v) is 4.26. The Morgan fingerprint density at radius 3 is 2.17 bits per heavy atom. The Balaban J connectivity index is 1.50. The average Bonchev–Trinajstić information content (AvgIpc) is 3.59. The van der Waals surface area contributed by atoms with Crippen LogP contribution >= 0.6 is 0 Å². The van der Waals surface area contributed by atoms with Crippen molar-refractivity contribution in [3.8, 4) is 0 Å². The second kappa shape index (κ2) is 8.28. The van der Waals surface area contributed by atoms with Crippen LogP contribution in [0.2, 0.25) is 0 Å². The van der Waals surface area contributed by atoms with Gasteiger partial charge in [-0.1, -0.05) is 30.3 Å². The lowest BCUT2D eigenvalue weighted by Gasteiger charge is -2.23. The van der Waals surface area contributed by atoms with Crippen molar-refractivity contribution in [3.05, 3.63) is 95.8 Å². The fourth-order valence-electron chi connectivity index (χ4n) is 3.20. The van der Waals surface area contributed by atoms with Crippen LogP contribution in [-0.4, -0.2) is 25.3 Å². The van der Waals surface area contributed by atoms with Gasteiger partial charge in [0.15, 0.2) is 0 Å². The lowest BCUT2D eigenvalue weighted by Crippen LogP contribution is -2.32. The van der Waals surface area contributed by atoms with Gasteiger partial charge >= 0.3 is 0 Å². The Kier molecular flexibility index (Phi) is 5.55. The predicted octanol–water partition coefficient (Wildman–Crippen LogP) is 4.43. The summed E-state index contributed by atoms with van der Waals surface area (Å²) in [6.45, 7) is 0.388. The molecular formula is C23H21FN2O3S. The molecule has 7 heteroatoms. The molecule has 0 atom stereocenters. The molecule has 1 aliphatic carbocycles. The maximum Gasteiger partial charge on any atom is 0.261 e. The molecule has 3 aromatic rings. The molecular weight excluding hydrogens is 403 g/mol. The summed E-state index contributed by atoms with van der Waals surface area (Å²) in [5, 5.41) is 0. The number of hydrogen-bond acceptors (Lipinski definition) is 3. The monoisotopic (exact) mass is 424 g/mol. The number of nitrogens with zero attached hydrogens (tertiary/aromatic N) is 1. The van der Waals surface area contributed by atoms with Crippen molar-refractivity contribution in [1.29, 1.82) is 0 Å². The summed E-state index contributed by atoms with van der Waals surface area (Å²) in [4.78, 5) is 14.9. The third-order valence-corrected chi connectivity index (χ3v) is 6.35. The van der Waals surface area contributed by atoms with Crippen molar-refractivity contribution < 1.29 is 17.6 Å². The van der Waals surface area contributed by atoms with Crippen LogP contribution in [0.3, 0.4) is 0 Å². The van der Waals surface area contributed by atoms with Crippen LogP contribution in [0.15, 0.2) is 83.8 Å². The summed E-state index contributed by atoms with van der Waals surface area (Å²) in [6, 6.07) is 20.8. The van der Waals surface area contributed by atoms with Gasteiger partial charge in [0.25, 0.3) is 15.9 Å². The van der Waals surface area contributed by atoms with Gasteiger partial charge in [0.2, 0.25) is 0 Å². The molecule has 0 heterocycles. The fraction of sp³-hybridized carbons (Fsp3) is 0.174. The lowest BCUT2D eigenvalue weighted by atomic mass is 10.1. The molecule has 0 spiro atoms. The van der Waals surface area contributed by atoms with E-state index in [4.69, 9.17) is 0 Å². The second-order valence-electron chi connectivity index (χ2n) is 7.29. The van der Waals surface area contributed by atoms with Crippen LogP contribution < -0.4 is 4.72 Å². The van der Waals surface area contributed by atoms with E-state index in [9.17, 15) is 17.6 Å². The molecule has 1 saturated carbocycles. The van der Waals surface area contributed by atoms with Crippen molar-refractivity contribution in [3.63, 3.8) is 0 Å². The van der Waals surface area contributed by atoms with Gasteiger partial charge in [-0.3, -0.25) is 9.52 Å². The first-order valence-electron chi connectivity index (χ1n) is 9.66. The Labute approximate surface area is 175 Å². The molecule has 5 nitrogen and oxygen atoms in total. The highest BCUT2D eigenvalue weighted by Crippen LogP contribution is 2.30. The second-order valence-corrected chi connectivity index (χ2v) is 8.97. The molecule has 0 aromatic heterocycles. The van der Waals surface area contributed by atoms with Crippen molar-refractivity contribution in [2.24, 2.45) is 0 Å². The molecule has 3 aromatic carbocycles. The Morgan fingerprint density at radius 1 is 0.933 bits per heavy atom. The molecule has 1 fully saturated rings. The highest BCUT2D eigenvalue weighted by atomic mass is 32.2. The summed E-state index contributed by atoms with van der Waals surface area (Å²) in [5.41, 5.74) is 1.74. The number of anilines is 1. The topological polar surface area (TPSA) is 66.5 Å². The van der Waals surface area contributed by atoms with Crippen LogP contribution in [0.5, 0.6) is 0 Å². The van der Waals surface area contributed by atoms with Gasteiger partial charge in [-0.25, -0.2) is 12.8 Å². The van der Waals surface area contributed by atoms with Crippen molar-refractivity contribution in [2.75, 3.05) is 4.72 Å². The molecule has 0 radical (unpaired) electrons. The van der Waals surface area contributed by atoms with Gasteiger partial charge in [0.1, 0.15) is 5.82 Å². The van der Waals surface area contributed by atoms with Gasteiger partial charge < -0.3 is 4.90 Å². The minimum absolute atomic E-state index is 0.0828. The molecule has 0 saturated heterocycles. The normalized spacial score (nSPS) is 13.6. The predicted molar refractivity (Wildman–Crippen MR) is 113 cm³/mol. The first-order valence-corrected chi connectivity index (χ1v) is 11.1. The van der Waals surface area contributed by atoms with Gasteiger partial charge in [-0.15, -0.1) is 0 Å². The highest BCUT2D eigenvalue weighted by Gasteiger charge is 2.33. The number of nitrogens with one attached hydrogen (secondary N) is 1. The largest absolute Gasteiger partial charge is 0.331 e. The molecule has 0 bridgehead atoms. The van der Waals surface area contributed by atoms with Crippen LogP contribution in [0.25, 0.3) is 0 Å². The third kappa shape index (κ3) is 4.68. The zero-order chi connectivity index (χ0) is 21.1. The molecule has 1 aliphatic rings. The number of amides is 1. The quantitative estimate of drug-likeness (QED) is 0.610. The number of carbonyl (C=O) groups is 1. The minimum Gasteiger partial charge on any atom is -0.331 e. The number of sulfonamides is 1. The van der Waals surface area contributed by atoms with E-state index >= 15 is 0 Å². The maximum absolute atomic E-state index is 13.2. The summed E-state index contributed by atoms with van der Waals surface area (Å²) in [5.74, 6) is -0.481. The number of benzene rings is 3. The first kappa shape index (κ1) is 20.1. The summed E-state index contributed by atoms with van der Waals surface area (Å²) >= 11 is 0. The zero-order valence-corrected chi connectivity index (χ0v) is 17.0. The van der Waals surface area contributed by atoms with Crippen LogP contribution in [-0.2, 0) is 16.6 Å². The third-order valence-electron chi connectivity index (χ3n) is 4.95. The molecule has 0 unspecified atom stereocenters. The molecule has 1 N–H and O–H groups in total. The van der Waals surface area contributed by atoms with E-state index in [1.54, 1.807) is 47.4 Å². The smallest absolute Gasteiger partial charge is 0.261 e. The maximum atomic E-state index is 13.2. The Hall–Kier alpha value is -3.19. The minimum atomic E-state index is -3.74. The highest BCUT2D eigenvalue weighted by molar-refractivity contribution is 7.92. The standard InChI is InChI=1S/C23H21FN2O3S/c24-19-10-6-17(7-11-19)16-26(21-12-13-21)23(27)18-8-14-22(15-9-18)30(28,29)25-20-4-2-1-3-5-20/h1-11,14-15,21,25H,12-13,16H2. The Bertz CT molecular complexity index is 1130. The van der Waals surface area contributed by atoms with Gasteiger partial charge in [0.05, 0.1) is 4.90 Å². The molecule has 30 heavy (non-hydrogen) atoms. The number of hydrogen-bond donors (Lipinski definition) is 1. The van der Waals surface area contributed by atoms with Gasteiger partial charge in [0, 0.05) is 23.8 Å². The molecule has 0 aliphatic heterocycles. The van der Waals surface area contributed by atoms with Gasteiger partial charge in [-0.05, 0) is 66.9 Å². The van der Waals surface area contributed by atoms with E-state index in [1.165, 1.54) is 36.4 Å². The zero-order valence-electron chi connectivity index (χ0n) is 16.2. The number of para-hydroxylation sites is 1. The van der Waals surface area contributed by atoms with E-state index in [0.29, 0.717) is 17.8 Å². The van der Waals surface area contributed by atoms with Crippen LogP contribution in [0.4, 0.5) is 10.1 Å². The number of rotatable bonds is 7. The van der Waals surface area contributed by atoms with Crippen molar-refractivity contribution in [2.45, 2.75) is 30.3 Å². The number of halogens is 1. The summed E-state index contributed by atoms with van der Waals surface area (Å²) < 4.78 is 40.8. The SMILES string of the molecule is O=C(c1ccc(S(=O)(=O)Nc2ccccc2)cc1)N(Cc1ccc(F)cc1)C1CC1. The average molecular weight is 424 g/mol. The van der Waals surface area contributed by atoms with E-state index < -0.39 is 10.0 Å². The molecule has 4 rings (SSSR count). The van der Waals surface area contributed by atoms with Crippen LogP contribution in [0.1, 0.15) is 28.8 Å². The Morgan fingerprint density at radius 2 is 1.57 bits per heavy atom. The number of carbonyl (C=O) groups excluding carboxylic acids is 1. The van der Waals surface area contributed by atoms with Gasteiger partial charge in [-0.2, -0.15) is 0 Å². The summed E-state index contributed by atoms with van der Waals surface area (Å²) in [6.07, 6.45) is 1.86. The van der Waals surface area contributed by atoms with Crippen molar-refractivity contribution in [1.82, 2.24) is 4.90 Å². The van der Waals surface area contributed by atoms with Crippen molar-refractivity contribution >= 4 is 21.6 Å². The molecule has 154 valence electrons. The first-order chi connectivity index (χ1) is 14.4. The molecule has 1 amide bonds.